The molecule has 0 saturated heterocycles. The predicted octanol–water partition coefficient (Wildman–Crippen LogP) is 4.30. The van der Waals surface area contributed by atoms with Crippen LogP contribution in [-0.2, 0) is 0 Å². The number of para-hydroxylation sites is 1. The molecule has 0 radical (unpaired) electrons. The van der Waals surface area contributed by atoms with Crippen molar-refractivity contribution in [3.05, 3.63) is 107 Å². The highest BCUT2D eigenvalue weighted by molar-refractivity contribution is 5.59. The molecule has 0 N–H and O–H groups in total. The molecule has 0 amide bonds. The Kier molecular flexibility index (Phi) is 5.25. The maximum Gasteiger partial charge on any atom is 0.251 e. The number of rotatable bonds is 5. The van der Waals surface area contributed by atoms with Crippen LogP contribution in [0, 0.1) is 17.5 Å². The van der Waals surface area contributed by atoms with Gasteiger partial charge < -0.3 is 9.30 Å². The lowest BCUT2D eigenvalue weighted by Gasteiger charge is -2.13. The molecule has 0 spiro atoms. The zero-order valence-electron chi connectivity index (χ0n) is 17.7. The summed E-state index contributed by atoms with van der Waals surface area (Å²) < 4.78 is 50.9. The molecule has 0 saturated carbocycles. The summed E-state index contributed by atoms with van der Waals surface area (Å²) in [5.74, 6) is -2.87. The predicted molar refractivity (Wildman–Crippen MR) is 118 cm³/mol. The SMILES string of the molecule is COc1cn(-c2ccc(-n3cc(F)c(F)c3)cc2F)nc(-c2ccnn2-c2ccccc2)c1=O. The summed E-state index contributed by atoms with van der Waals surface area (Å²) in [4.78, 5) is 13.0. The maximum atomic E-state index is 15.1. The van der Waals surface area contributed by atoms with E-state index >= 15 is 4.39 Å². The Bertz CT molecular complexity index is 1540. The van der Waals surface area contributed by atoms with E-state index in [1.165, 1.54) is 36.3 Å². The molecule has 10 heteroatoms. The van der Waals surface area contributed by atoms with Gasteiger partial charge in [0.1, 0.15) is 5.69 Å². The van der Waals surface area contributed by atoms with Gasteiger partial charge in [-0.25, -0.2) is 22.5 Å². The molecule has 0 fully saturated rings. The van der Waals surface area contributed by atoms with Gasteiger partial charge in [0.25, 0.3) is 5.43 Å². The topological polar surface area (TPSA) is 66.9 Å². The Labute approximate surface area is 190 Å². The van der Waals surface area contributed by atoms with Gasteiger partial charge in [-0.3, -0.25) is 4.79 Å². The van der Waals surface area contributed by atoms with Gasteiger partial charge in [-0.2, -0.15) is 10.2 Å². The van der Waals surface area contributed by atoms with E-state index < -0.39 is 22.9 Å². The van der Waals surface area contributed by atoms with E-state index in [1.807, 2.05) is 30.3 Å². The van der Waals surface area contributed by atoms with E-state index in [-0.39, 0.29) is 22.8 Å². The van der Waals surface area contributed by atoms with Crippen LogP contribution in [0.5, 0.6) is 5.75 Å². The smallest absolute Gasteiger partial charge is 0.251 e. The van der Waals surface area contributed by atoms with Gasteiger partial charge >= 0.3 is 0 Å². The maximum absolute atomic E-state index is 15.1. The fourth-order valence-corrected chi connectivity index (χ4v) is 3.56. The number of nitrogens with zero attached hydrogens (tertiary/aromatic N) is 5. The number of hydrogen-bond acceptors (Lipinski definition) is 4. The van der Waals surface area contributed by atoms with Crippen LogP contribution in [0.25, 0.3) is 28.5 Å². The van der Waals surface area contributed by atoms with Crippen molar-refractivity contribution in [3.63, 3.8) is 0 Å². The van der Waals surface area contributed by atoms with Gasteiger partial charge in [0.05, 0.1) is 30.9 Å². The van der Waals surface area contributed by atoms with Crippen molar-refractivity contribution in [2.45, 2.75) is 0 Å². The summed E-state index contributed by atoms with van der Waals surface area (Å²) in [5, 5.41) is 8.64. The molecular weight excluding hydrogens is 447 g/mol. The van der Waals surface area contributed by atoms with E-state index in [0.29, 0.717) is 11.4 Å². The van der Waals surface area contributed by atoms with Crippen LogP contribution in [0.3, 0.4) is 0 Å². The summed E-state index contributed by atoms with van der Waals surface area (Å²) in [6.07, 6.45) is 4.61. The van der Waals surface area contributed by atoms with Crippen LogP contribution in [0.4, 0.5) is 13.2 Å². The molecule has 0 aliphatic rings. The van der Waals surface area contributed by atoms with Crippen LogP contribution in [0.1, 0.15) is 0 Å². The third-order valence-electron chi connectivity index (χ3n) is 5.20. The third kappa shape index (κ3) is 3.64. The van der Waals surface area contributed by atoms with E-state index in [4.69, 9.17) is 4.74 Å². The summed E-state index contributed by atoms with van der Waals surface area (Å²) >= 11 is 0. The van der Waals surface area contributed by atoms with Crippen LogP contribution in [0.15, 0.2) is 84.2 Å². The molecule has 7 nitrogen and oxygen atoms in total. The minimum Gasteiger partial charge on any atom is -0.491 e. The lowest BCUT2D eigenvalue weighted by Crippen LogP contribution is -2.18. The first-order chi connectivity index (χ1) is 16.5. The average Bonchev–Trinajstić information content (AvgIpc) is 3.46. The Morgan fingerprint density at radius 2 is 1.59 bits per heavy atom. The fourth-order valence-electron chi connectivity index (χ4n) is 3.56. The molecule has 2 aromatic carbocycles. The molecule has 3 heterocycles. The quantitative estimate of drug-likeness (QED) is 0.390. The molecule has 0 aliphatic heterocycles. The van der Waals surface area contributed by atoms with Gasteiger partial charge in [0, 0.05) is 24.1 Å². The zero-order valence-corrected chi connectivity index (χ0v) is 17.7. The van der Waals surface area contributed by atoms with Crippen molar-refractivity contribution in [1.82, 2.24) is 24.1 Å². The minimum atomic E-state index is -1.05. The van der Waals surface area contributed by atoms with Crippen LogP contribution in [0.2, 0.25) is 0 Å². The second-order valence-electron chi connectivity index (χ2n) is 7.28. The highest BCUT2D eigenvalue weighted by atomic mass is 19.2. The number of aromatic nitrogens is 5. The normalized spacial score (nSPS) is 11.1. The molecule has 0 aliphatic carbocycles. The molecule has 5 rings (SSSR count). The Balaban J connectivity index is 1.63. The monoisotopic (exact) mass is 463 g/mol. The molecule has 3 aromatic heterocycles. The van der Waals surface area contributed by atoms with Crippen LogP contribution >= 0.6 is 0 Å². The van der Waals surface area contributed by atoms with Gasteiger partial charge in [-0.05, 0) is 30.3 Å². The summed E-state index contributed by atoms with van der Waals surface area (Å²) in [7, 11) is 1.33. The second-order valence-corrected chi connectivity index (χ2v) is 7.28. The lowest BCUT2D eigenvalue weighted by molar-refractivity contribution is 0.405. The van der Waals surface area contributed by atoms with Crippen molar-refractivity contribution < 1.29 is 17.9 Å². The van der Waals surface area contributed by atoms with Crippen molar-refractivity contribution in [1.29, 1.82) is 0 Å². The van der Waals surface area contributed by atoms with Crippen molar-refractivity contribution >= 4 is 0 Å². The van der Waals surface area contributed by atoms with Gasteiger partial charge in [0.2, 0.25) is 0 Å². The number of ether oxygens (including phenoxy) is 1. The van der Waals surface area contributed by atoms with E-state index in [2.05, 4.69) is 10.2 Å². The first-order valence-corrected chi connectivity index (χ1v) is 10.1. The second kappa shape index (κ2) is 8.39. The largest absolute Gasteiger partial charge is 0.491 e. The molecule has 0 unspecified atom stereocenters. The van der Waals surface area contributed by atoms with Gasteiger partial charge in [0.15, 0.2) is 28.9 Å². The molecule has 0 bridgehead atoms. The van der Waals surface area contributed by atoms with E-state index in [0.717, 1.165) is 23.0 Å². The van der Waals surface area contributed by atoms with Crippen molar-refractivity contribution in [2.75, 3.05) is 7.11 Å². The zero-order chi connectivity index (χ0) is 23.8. The molecule has 170 valence electrons. The van der Waals surface area contributed by atoms with Crippen LogP contribution in [-0.4, -0.2) is 31.2 Å². The summed E-state index contributed by atoms with van der Waals surface area (Å²) in [6.45, 7) is 0. The van der Waals surface area contributed by atoms with Crippen molar-refractivity contribution in [3.8, 4) is 34.2 Å². The van der Waals surface area contributed by atoms with Crippen molar-refractivity contribution in [2.24, 2.45) is 0 Å². The summed E-state index contributed by atoms with van der Waals surface area (Å²) in [6, 6.07) is 14.7. The minimum absolute atomic E-state index is 0.00117. The number of halogens is 3. The van der Waals surface area contributed by atoms with E-state index in [1.54, 1.807) is 10.7 Å². The number of hydrogen-bond donors (Lipinski definition) is 0. The van der Waals surface area contributed by atoms with Gasteiger partial charge in [-0.15, -0.1) is 0 Å². The molecule has 5 aromatic rings. The molecule has 34 heavy (non-hydrogen) atoms. The Morgan fingerprint density at radius 1 is 0.853 bits per heavy atom. The van der Waals surface area contributed by atoms with Crippen LogP contribution < -0.4 is 10.2 Å². The highest BCUT2D eigenvalue weighted by Crippen LogP contribution is 2.23. The molecule has 0 atom stereocenters. The Morgan fingerprint density at radius 3 is 2.26 bits per heavy atom. The number of benzene rings is 2. The van der Waals surface area contributed by atoms with E-state index in [9.17, 15) is 13.6 Å². The summed E-state index contributed by atoms with van der Waals surface area (Å²) in [5.41, 5.74) is 0.811. The standard InChI is InChI=1S/C24H16F3N5O2/c1-34-22-14-31(20-8-7-16(11-17(20)25)30-12-18(26)19(27)13-30)29-23(24(22)33)21-9-10-28-32(21)15-5-3-2-4-6-15/h2-14H,1H3. The first kappa shape index (κ1) is 21.3. The Hall–Kier alpha value is -4.60. The average molecular weight is 463 g/mol. The third-order valence-corrected chi connectivity index (χ3v) is 5.20. The highest BCUT2D eigenvalue weighted by Gasteiger charge is 2.19. The first-order valence-electron chi connectivity index (χ1n) is 10.1. The van der Waals surface area contributed by atoms with Gasteiger partial charge in [-0.1, -0.05) is 18.2 Å². The fraction of sp³-hybridized carbons (Fsp3) is 0.0417. The number of methoxy groups -OCH3 is 1. The lowest BCUT2D eigenvalue weighted by atomic mass is 10.2. The molecular formula is C24H16F3N5O2.